The maximum Gasteiger partial charge on any atom is 0.508 e. The number of fused-ring (bicyclic) bond motifs is 3. The van der Waals surface area contributed by atoms with Gasteiger partial charge in [-0.1, -0.05) is 77.6 Å². The quantitative estimate of drug-likeness (QED) is 0.176. The Bertz CT molecular complexity index is 454. The maximum absolute atomic E-state index is 11.3. The molecule has 6 nitrogen and oxygen atoms in total. The van der Waals surface area contributed by atoms with Crippen molar-refractivity contribution in [3.8, 4) is 0 Å². The molecule has 3 saturated heterocycles. The number of piperidine rings is 3. The van der Waals surface area contributed by atoms with E-state index in [0.717, 1.165) is 19.3 Å². The van der Waals surface area contributed by atoms with Crippen LogP contribution in [0.5, 0.6) is 0 Å². The number of nitrogens with zero attached hydrogens (tertiary/aromatic N) is 1. The van der Waals surface area contributed by atoms with Crippen molar-refractivity contribution in [1.29, 1.82) is 0 Å². The summed E-state index contributed by atoms with van der Waals surface area (Å²) in [4.78, 5) is 24.2. The SMILES string of the molecule is C1CN2CC[C+]1CC2.CCCCCCCCCCCCCCOC(=O)O[C@H](C)CC(=O)[O-]. The molecule has 6 heteroatoms. The summed E-state index contributed by atoms with van der Waals surface area (Å²) in [6.45, 7) is 8.14. The van der Waals surface area contributed by atoms with Crippen LogP contribution in [0, 0.1) is 5.92 Å². The van der Waals surface area contributed by atoms with Crippen LogP contribution in [0.15, 0.2) is 0 Å². The lowest BCUT2D eigenvalue weighted by molar-refractivity contribution is -0.307. The molecule has 0 spiro atoms. The Morgan fingerprint density at radius 2 is 1.31 bits per heavy atom. The predicted octanol–water partition coefficient (Wildman–Crippen LogP) is 5.43. The number of unbranched alkanes of at least 4 members (excludes halogenated alkanes) is 11. The minimum atomic E-state index is -1.24. The van der Waals surface area contributed by atoms with Gasteiger partial charge in [-0.05, 0) is 13.3 Å². The molecular formula is C26H47NO5. The zero-order valence-corrected chi connectivity index (χ0v) is 20.7. The maximum atomic E-state index is 11.3. The largest absolute Gasteiger partial charge is 0.550 e. The highest BCUT2D eigenvalue weighted by molar-refractivity contribution is 5.66. The Hall–Kier alpha value is -1.43. The number of carbonyl (C=O) groups excluding carboxylic acids is 2. The molecule has 0 unspecified atom stereocenters. The molecule has 3 aliphatic rings. The molecule has 0 radical (unpaired) electrons. The van der Waals surface area contributed by atoms with Crippen molar-refractivity contribution in [3.63, 3.8) is 0 Å². The lowest BCUT2D eigenvalue weighted by atomic mass is 9.89. The average Bonchev–Trinajstić information content (AvgIpc) is 2.78. The van der Waals surface area contributed by atoms with Crippen molar-refractivity contribution < 1.29 is 24.2 Å². The number of aliphatic carboxylic acids is 1. The predicted molar refractivity (Wildman–Crippen MR) is 126 cm³/mol. The van der Waals surface area contributed by atoms with Crippen molar-refractivity contribution in [2.45, 2.75) is 123 Å². The Balaban J connectivity index is 0.000000520. The normalized spacial score (nSPS) is 16.2. The molecule has 0 aromatic rings. The van der Waals surface area contributed by atoms with Gasteiger partial charge in [0.15, 0.2) is 0 Å². The first-order valence-electron chi connectivity index (χ1n) is 13.1. The Morgan fingerprint density at radius 1 is 0.844 bits per heavy atom. The summed E-state index contributed by atoms with van der Waals surface area (Å²) in [5.41, 5.74) is 0. The van der Waals surface area contributed by atoms with Gasteiger partial charge in [0, 0.05) is 32.0 Å². The van der Waals surface area contributed by atoms with Crippen LogP contribution < -0.4 is 5.11 Å². The van der Waals surface area contributed by atoms with E-state index < -0.39 is 18.2 Å². The summed E-state index contributed by atoms with van der Waals surface area (Å²) in [5, 5.41) is 10.3. The molecule has 3 heterocycles. The van der Waals surface area contributed by atoms with Crippen LogP contribution in [-0.2, 0) is 14.3 Å². The fourth-order valence-electron chi connectivity index (χ4n) is 4.23. The number of ether oxygens (including phenoxy) is 2. The molecule has 0 aromatic heterocycles. The van der Waals surface area contributed by atoms with Gasteiger partial charge in [0.25, 0.3) is 0 Å². The third kappa shape index (κ3) is 16.2. The fourth-order valence-corrected chi connectivity index (χ4v) is 4.23. The zero-order valence-electron chi connectivity index (χ0n) is 20.7. The molecule has 0 aliphatic carbocycles. The number of hydrogen-bond donors (Lipinski definition) is 0. The highest BCUT2D eigenvalue weighted by atomic mass is 16.7. The molecule has 186 valence electrons. The number of carboxylic acids is 1. The second-order valence-corrected chi connectivity index (χ2v) is 9.33. The lowest BCUT2D eigenvalue weighted by Gasteiger charge is -2.31. The summed E-state index contributed by atoms with van der Waals surface area (Å²) in [7, 11) is 0. The second-order valence-electron chi connectivity index (χ2n) is 9.33. The molecule has 1 atom stereocenters. The van der Waals surface area contributed by atoms with E-state index >= 15 is 0 Å². The van der Waals surface area contributed by atoms with Crippen molar-refractivity contribution >= 4 is 12.1 Å². The number of carboxylic acid groups (broad SMARTS) is 1. The van der Waals surface area contributed by atoms with E-state index in [1.165, 1.54) is 104 Å². The van der Waals surface area contributed by atoms with Crippen molar-refractivity contribution in [1.82, 2.24) is 4.90 Å². The van der Waals surface area contributed by atoms with Crippen LogP contribution in [0.3, 0.4) is 0 Å². The molecule has 3 fully saturated rings. The van der Waals surface area contributed by atoms with Crippen LogP contribution in [0.4, 0.5) is 4.79 Å². The second kappa shape index (κ2) is 19.1. The van der Waals surface area contributed by atoms with Gasteiger partial charge in [0.1, 0.15) is 25.4 Å². The van der Waals surface area contributed by atoms with Crippen molar-refractivity contribution in [3.05, 3.63) is 5.92 Å². The van der Waals surface area contributed by atoms with Gasteiger partial charge in [0.05, 0.1) is 12.5 Å². The van der Waals surface area contributed by atoms with Gasteiger partial charge < -0.3 is 19.4 Å². The van der Waals surface area contributed by atoms with Gasteiger partial charge in [-0.15, -0.1) is 0 Å². The molecule has 32 heavy (non-hydrogen) atoms. The number of hydrogen-bond acceptors (Lipinski definition) is 6. The summed E-state index contributed by atoms with van der Waals surface area (Å²) in [6, 6.07) is 0. The first-order valence-corrected chi connectivity index (χ1v) is 13.1. The highest BCUT2D eigenvalue weighted by Gasteiger charge is 2.33. The summed E-state index contributed by atoms with van der Waals surface area (Å²) in [5.74, 6) is 0.587. The van der Waals surface area contributed by atoms with E-state index in [1.54, 1.807) is 0 Å². The standard InChI is InChI=1S/C19H36O5.C7H12N/c1-3-4-5-6-7-8-9-10-11-12-13-14-15-23-19(22)24-17(2)16-18(20)21;1-4-8-5-2-7(1)3-6-8/h17H,3-16H2,1-2H3,(H,20,21);1-6H2/q;+1/p-1/t17-;/m1./s1. The van der Waals surface area contributed by atoms with E-state index in [4.69, 9.17) is 9.47 Å². The van der Waals surface area contributed by atoms with Crippen LogP contribution in [0.2, 0.25) is 0 Å². The molecule has 0 aromatic carbocycles. The van der Waals surface area contributed by atoms with Gasteiger partial charge in [-0.25, -0.2) is 4.79 Å². The van der Waals surface area contributed by atoms with Crippen LogP contribution in [0.1, 0.15) is 117 Å². The van der Waals surface area contributed by atoms with Gasteiger partial charge in [0.2, 0.25) is 0 Å². The smallest absolute Gasteiger partial charge is 0.508 e. The molecule has 2 bridgehead atoms. The third-order valence-corrected chi connectivity index (χ3v) is 6.31. The van der Waals surface area contributed by atoms with Gasteiger partial charge >= 0.3 is 6.16 Å². The Kier molecular flexibility index (Phi) is 17.1. The lowest BCUT2D eigenvalue weighted by Crippen LogP contribution is -2.40. The fraction of sp³-hybridized carbons (Fsp3) is 0.885. The van der Waals surface area contributed by atoms with E-state index in [1.807, 2.05) is 5.92 Å². The van der Waals surface area contributed by atoms with Crippen LogP contribution >= 0.6 is 0 Å². The van der Waals surface area contributed by atoms with Gasteiger partial charge in [-0.2, -0.15) is 0 Å². The molecule has 0 N–H and O–H groups in total. The Labute approximate surface area is 196 Å². The summed E-state index contributed by atoms with van der Waals surface area (Å²) in [6.07, 6.45) is 17.4. The van der Waals surface area contributed by atoms with Crippen molar-refractivity contribution in [2.75, 3.05) is 26.2 Å². The third-order valence-electron chi connectivity index (χ3n) is 6.31. The Morgan fingerprint density at radius 3 is 1.69 bits per heavy atom. The summed E-state index contributed by atoms with van der Waals surface area (Å²) < 4.78 is 9.70. The minimum absolute atomic E-state index is 0.312. The van der Waals surface area contributed by atoms with Gasteiger partial charge in [-0.3, -0.25) is 4.90 Å². The molecule has 3 aliphatic heterocycles. The van der Waals surface area contributed by atoms with Crippen LogP contribution in [-0.4, -0.2) is 49.4 Å². The minimum Gasteiger partial charge on any atom is -0.550 e. The van der Waals surface area contributed by atoms with E-state index in [0.29, 0.717) is 6.61 Å². The van der Waals surface area contributed by atoms with E-state index in [2.05, 4.69) is 11.8 Å². The molecule has 0 amide bonds. The average molecular weight is 454 g/mol. The van der Waals surface area contributed by atoms with E-state index in [-0.39, 0.29) is 6.42 Å². The zero-order chi connectivity index (χ0) is 23.4. The molecule has 3 rings (SSSR count). The molecule has 0 saturated carbocycles. The first kappa shape index (κ1) is 28.6. The monoisotopic (exact) mass is 453 g/mol. The highest BCUT2D eigenvalue weighted by Crippen LogP contribution is 2.28. The number of carbonyl (C=O) groups is 2. The first-order chi connectivity index (χ1) is 15.5. The summed E-state index contributed by atoms with van der Waals surface area (Å²) >= 11 is 0. The topological polar surface area (TPSA) is 78.9 Å². The molecular weight excluding hydrogens is 406 g/mol. The van der Waals surface area contributed by atoms with Crippen LogP contribution in [0.25, 0.3) is 0 Å². The van der Waals surface area contributed by atoms with E-state index in [9.17, 15) is 14.7 Å². The number of rotatable bonds is 16. The van der Waals surface area contributed by atoms with Crippen molar-refractivity contribution in [2.24, 2.45) is 0 Å².